The fraction of sp³-hybridized carbons (Fsp3) is 0.450. The van der Waals surface area contributed by atoms with Gasteiger partial charge in [-0.25, -0.2) is 9.18 Å². The van der Waals surface area contributed by atoms with Crippen LogP contribution in [0.4, 0.5) is 9.18 Å². The standard InChI is InChI=1S/C20H27FN2O2/c1-5-9-20(22)10-11-23(19(24)25-15(4)6-2)18(13-20)17-8-7-16(21)12-14(17)3/h5-8,12,18H,1,9-11,13,22H2,2-4H3/b15-6+/t18-,20-/m1/s1. The van der Waals surface area contributed by atoms with E-state index in [0.717, 1.165) is 11.1 Å². The second kappa shape index (κ2) is 7.83. The van der Waals surface area contributed by atoms with E-state index in [1.807, 2.05) is 19.9 Å². The largest absolute Gasteiger partial charge is 0.415 e. The van der Waals surface area contributed by atoms with Gasteiger partial charge in [0, 0.05) is 12.1 Å². The van der Waals surface area contributed by atoms with Crippen LogP contribution in [0.1, 0.15) is 50.3 Å². The van der Waals surface area contributed by atoms with Crippen LogP contribution in [-0.2, 0) is 4.74 Å². The van der Waals surface area contributed by atoms with Gasteiger partial charge in [-0.3, -0.25) is 0 Å². The van der Waals surface area contributed by atoms with Gasteiger partial charge in [-0.05, 0) is 69.4 Å². The van der Waals surface area contributed by atoms with E-state index in [-0.39, 0.29) is 11.9 Å². The van der Waals surface area contributed by atoms with Gasteiger partial charge < -0.3 is 15.4 Å². The number of rotatable bonds is 4. The fourth-order valence-corrected chi connectivity index (χ4v) is 3.33. The lowest BCUT2D eigenvalue weighted by atomic mass is 9.78. The van der Waals surface area contributed by atoms with Gasteiger partial charge in [-0.2, -0.15) is 0 Å². The van der Waals surface area contributed by atoms with Gasteiger partial charge in [0.1, 0.15) is 11.6 Å². The Balaban J connectivity index is 2.37. The van der Waals surface area contributed by atoms with Crippen molar-refractivity contribution in [2.45, 2.75) is 51.6 Å². The summed E-state index contributed by atoms with van der Waals surface area (Å²) in [7, 11) is 0. The van der Waals surface area contributed by atoms with Gasteiger partial charge in [0.05, 0.1) is 6.04 Å². The highest BCUT2D eigenvalue weighted by molar-refractivity contribution is 5.70. The molecule has 1 fully saturated rings. The number of halogens is 1. The van der Waals surface area contributed by atoms with Crippen LogP contribution in [0.25, 0.3) is 0 Å². The lowest BCUT2D eigenvalue weighted by Gasteiger charge is -2.44. The van der Waals surface area contributed by atoms with E-state index in [4.69, 9.17) is 10.5 Å². The molecule has 0 radical (unpaired) electrons. The molecule has 1 heterocycles. The third-order valence-corrected chi connectivity index (χ3v) is 4.86. The number of aryl methyl sites for hydroxylation is 1. The van der Waals surface area contributed by atoms with E-state index in [0.29, 0.717) is 31.6 Å². The maximum atomic E-state index is 13.5. The summed E-state index contributed by atoms with van der Waals surface area (Å²) < 4.78 is 18.9. The van der Waals surface area contributed by atoms with Crippen LogP contribution in [0.5, 0.6) is 0 Å². The smallest absolute Gasteiger partial charge is 0.415 e. The molecule has 0 aromatic heterocycles. The Hall–Kier alpha value is -2.14. The number of benzene rings is 1. The van der Waals surface area contributed by atoms with Crippen molar-refractivity contribution in [2.75, 3.05) is 6.54 Å². The molecular weight excluding hydrogens is 319 g/mol. The maximum Gasteiger partial charge on any atom is 0.415 e. The summed E-state index contributed by atoms with van der Waals surface area (Å²) in [5.41, 5.74) is 7.80. The number of hydrogen-bond donors (Lipinski definition) is 1. The third kappa shape index (κ3) is 4.48. The molecule has 2 atom stereocenters. The minimum absolute atomic E-state index is 0.253. The van der Waals surface area contributed by atoms with Gasteiger partial charge in [-0.1, -0.05) is 12.1 Å². The molecule has 136 valence electrons. The van der Waals surface area contributed by atoms with Gasteiger partial charge in [-0.15, -0.1) is 6.58 Å². The van der Waals surface area contributed by atoms with Gasteiger partial charge in [0.2, 0.25) is 0 Å². The van der Waals surface area contributed by atoms with Crippen LogP contribution in [0.3, 0.4) is 0 Å². The Morgan fingerprint density at radius 2 is 2.28 bits per heavy atom. The molecule has 2 rings (SSSR count). The molecule has 0 saturated carbocycles. The Labute approximate surface area is 149 Å². The van der Waals surface area contributed by atoms with Crippen LogP contribution in [0.15, 0.2) is 42.7 Å². The van der Waals surface area contributed by atoms with E-state index in [2.05, 4.69) is 6.58 Å². The van der Waals surface area contributed by atoms with Gasteiger partial charge in [0.25, 0.3) is 0 Å². The predicted octanol–water partition coefficient (Wildman–Crippen LogP) is 4.60. The van der Waals surface area contributed by atoms with E-state index in [9.17, 15) is 9.18 Å². The van der Waals surface area contributed by atoms with Crippen molar-refractivity contribution in [3.05, 3.63) is 59.6 Å². The first-order valence-corrected chi connectivity index (χ1v) is 8.57. The molecule has 1 aromatic carbocycles. The molecule has 4 nitrogen and oxygen atoms in total. The van der Waals surface area contributed by atoms with Crippen molar-refractivity contribution >= 4 is 6.09 Å². The van der Waals surface area contributed by atoms with Gasteiger partial charge in [0.15, 0.2) is 0 Å². The zero-order chi connectivity index (χ0) is 18.6. The fourth-order valence-electron chi connectivity index (χ4n) is 3.33. The van der Waals surface area contributed by atoms with Crippen LogP contribution in [-0.4, -0.2) is 23.1 Å². The summed E-state index contributed by atoms with van der Waals surface area (Å²) >= 11 is 0. The van der Waals surface area contributed by atoms with E-state index < -0.39 is 11.6 Å². The molecule has 0 aliphatic carbocycles. The quantitative estimate of drug-likeness (QED) is 0.640. The molecule has 1 saturated heterocycles. The SMILES string of the molecule is C=CC[C@@]1(N)CCN(C(=O)O/C(C)=C/C)[C@@H](c2ccc(F)cc2C)C1. The van der Waals surface area contributed by atoms with Crippen LogP contribution in [0, 0.1) is 12.7 Å². The highest BCUT2D eigenvalue weighted by Crippen LogP contribution is 2.39. The first-order valence-electron chi connectivity index (χ1n) is 8.57. The summed E-state index contributed by atoms with van der Waals surface area (Å²) in [6.07, 6.45) is 5.07. The number of nitrogens with two attached hydrogens (primary N) is 1. The number of carbonyl (C=O) groups is 1. The number of carbonyl (C=O) groups excluding carboxylic acids is 1. The van der Waals surface area contributed by atoms with Crippen LogP contribution < -0.4 is 5.73 Å². The lowest BCUT2D eigenvalue weighted by molar-refractivity contribution is 0.0711. The summed E-state index contributed by atoms with van der Waals surface area (Å²) in [4.78, 5) is 14.3. The average molecular weight is 346 g/mol. The topological polar surface area (TPSA) is 55.6 Å². The summed E-state index contributed by atoms with van der Waals surface area (Å²) in [6.45, 7) is 9.68. The molecule has 5 heteroatoms. The van der Waals surface area contributed by atoms with Gasteiger partial charge >= 0.3 is 6.09 Å². The molecule has 0 unspecified atom stereocenters. The Morgan fingerprint density at radius 1 is 1.56 bits per heavy atom. The minimum Gasteiger partial charge on any atom is -0.415 e. The Kier molecular flexibility index (Phi) is 6.01. The van der Waals surface area contributed by atoms with Crippen LogP contribution in [0.2, 0.25) is 0 Å². The Bertz CT molecular complexity index is 686. The first kappa shape index (κ1) is 19.2. The monoisotopic (exact) mass is 346 g/mol. The number of ether oxygens (including phenoxy) is 1. The van der Waals surface area contributed by atoms with Crippen molar-refractivity contribution in [3.8, 4) is 0 Å². The van der Waals surface area contributed by atoms with E-state index >= 15 is 0 Å². The normalized spacial score (nSPS) is 24.1. The number of likely N-dealkylation sites (tertiary alicyclic amines) is 1. The zero-order valence-electron chi connectivity index (χ0n) is 15.2. The summed E-state index contributed by atoms with van der Waals surface area (Å²) in [5.74, 6) is 0.260. The number of allylic oxidation sites excluding steroid dienone is 2. The molecule has 0 bridgehead atoms. The lowest BCUT2D eigenvalue weighted by Crippen LogP contribution is -2.53. The molecule has 25 heavy (non-hydrogen) atoms. The van der Waals surface area contributed by atoms with E-state index in [1.165, 1.54) is 12.1 Å². The zero-order valence-corrected chi connectivity index (χ0v) is 15.2. The Morgan fingerprint density at radius 3 is 2.88 bits per heavy atom. The van der Waals surface area contributed by atoms with Crippen molar-refractivity contribution < 1.29 is 13.9 Å². The number of hydrogen-bond acceptors (Lipinski definition) is 3. The van der Waals surface area contributed by atoms with Crippen molar-refractivity contribution in [3.63, 3.8) is 0 Å². The predicted molar refractivity (Wildman–Crippen MR) is 97.5 cm³/mol. The number of piperidine rings is 1. The molecule has 1 aliphatic heterocycles. The molecule has 1 amide bonds. The van der Waals surface area contributed by atoms with Crippen LogP contribution >= 0.6 is 0 Å². The second-order valence-electron chi connectivity index (χ2n) is 6.79. The maximum absolute atomic E-state index is 13.5. The number of amides is 1. The molecule has 2 N–H and O–H groups in total. The number of nitrogens with zero attached hydrogens (tertiary/aromatic N) is 1. The van der Waals surface area contributed by atoms with Crippen molar-refractivity contribution in [1.82, 2.24) is 4.90 Å². The highest BCUT2D eigenvalue weighted by atomic mass is 19.1. The highest BCUT2D eigenvalue weighted by Gasteiger charge is 2.40. The summed E-state index contributed by atoms with van der Waals surface area (Å²) in [5, 5.41) is 0. The van der Waals surface area contributed by atoms with Crippen molar-refractivity contribution in [1.29, 1.82) is 0 Å². The third-order valence-electron chi connectivity index (χ3n) is 4.86. The summed E-state index contributed by atoms with van der Waals surface area (Å²) in [6, 6.07) is 4.38. The molecular formula is C20H27FN2O2. The van der Waals surface area contributed by atoms with E-state index in [1.54, 1.807) is 24.0 Å². The molecule has 1 aliphatic rings. The molecule has 0 spiro atoms. The molecule has 1 aromatic rings. The first-order chi connectivity index (χ1) is 11.8. The second-order valence-corrected chi connectivity index (χ2v) is 6.79. The average Bonchev–Trinajstić information content (AvgIpc) is 2.54. The minimum atomic E-state index is -0.431. The van der Waals surface area contributed by atoms with Crippen molar-refractivity contribution in [2.24, 2.45) is 5.73 Å².